The molecule has 2 aliphatic heterocycles. The van der Waals surface area contributed by atoms with Crippen LogP contribution in [-0.4, -0.2) is 58.8 Å². The lowest BCUT2D eigenvalue weighted by atomic mass is 10.1. The molecule has 0 bridgehead atoms. The van der Waals surface area contributed by atoms with Crippen molar-refractivity contribution in [3.05, 3.63) is 52.4 Å². The molecule has 7 heteroatoms. The number of amides is 2. The van der Waals surface area contributed by atoms with Crippen molar-refractivity contribution < 1.29 is 14.3 Å². The second kappa shape index (κ2) is 9.30. The topological polar surface area (TPSA) is 49.9 Å². The predicted octanol–water partition coefficient (Wildman–Crippen LogP) is 3.08. The molecule has 0 unspecified atom stereocenters. The summed E-state index contributed by atoms with van der Waals surface area (Å²) >= 11 is 6.64. The van der Waals surface area contributed by atoms with Gasteiger partial charge in [0.15, 0.2) is 0 Å². The van der Waals surface area contributed by atoms with Crippen LogP contribution in [0.1, 0.15) is 18.9 Å². The Kier molecular flexibility index (Phi) is 6.82. The van der Waals surface area contributed by atoms with E-state index in [-0.39, 0.29) is 18.2 Å². The number of benzene rings is 1. The van der Waals surface area contributed by atoms with Crippen molar-refractivity contribution >= 4 is 46.2 Å². The number of morpholine rings is 1. The summed E-state index contributed by atoms with van der Waals surface area (Å²) in [6.45, 7) is 4.65. The second-order valence-corrected chi connectivity index (χ2v) is 8.05. The Bertz CT molecular complexity index is 784. The first-order valence-corrected chi connectivity index (χ1v) is 10.1. The number of allylic oxidation sites excluding steroid dienone is 2. The number of hydrogen-bond donors (Lipinski definition) is 0. The SMILES string of the molecule is CC(=C/c1ccccc1)/C=C1\SC(=S)N(CCC(=O)N2CCOCC2)C1=O. The Morgan fingerprint density at radius 2 is 1.96 bits per heavy atom. The van der Waals surface area contributed by atoms with E-state index in [4.69, 9.17) is 17.0 Å². The standard InChI is InChI=1S/C20H22N2O3S2/c1-15(13-16-5-3-2-4-6-16)14-17-19(24)22(20(26)27-17)8-7-18(23)21-9-11-25-12-10-21/h2-6,13-14H,7-12H2,1H3/b15-13-,17-14-. The number of ether oxygens (including phenoxy) is 1. The molecule has 142 valence electrons. The van der Waals surface area contributed by atoms with Crippen molar-refractivity contribution in [3.8, 4) is 0 Å². The van der Waals surface area contributed by atoms with Crippen LogP contribution in [0.25, 0.3) is 6.08 Å². The summed E-state index contributed by atoms with van der Waals surface area (Å²) in [6.07, 6.45) is 4.16. The molecule has 2 aliphatic rings. The molecule has 27 heavy (non-hydrogen) atoms. The van der Waals surface area contributed by atoms with E-state index < -0.39 is 0 Å². The van der Waals surface area contributed by atoms with E-state index in [1.807, 2.05) is 49.4 Å². The van der Waals surface area contributed by atoms with Gasteiger partial charge in [-0.3, -0.25) is 14.5 Å². The van der Waals surface area contributed by atoms with Crippen LogP contribution < -0.4 is 0 Å². The Balaban J connectivity index is 1.60. The van der Waals surface area contributed by atoms with Crippen LogP contribution in [0, 0.1) is 0 Å². The van der Waals surface area contributed by atoms with Crippen LogP contribution in [0.15, 0.2) is 46.9 Å². The zero-order valence-electron chi connectivity index (χ0n) is 15.2. The molecule has 2 heterocycles. The van der Waals surface area contributed by atoms with E-state index in [9.17, 15) is 9.59 Å². The summed E-state index contributed by atoms with van der Waals surface area (Å²) in [5.74, 6) is -0.0860. The van der Waals surface area contributed by atoms with Crippen LogP contribution in [0.2, 0.25) is 0 Å². The van der Waals surface area contributed by atoms with E-state index >= 15 is 0 Å². The fourth-order valence-electron chi connectivity index (χ4n) is 2.93. The molecule has 0 radical (unpaired) electrons. The number of rotatable bonds is 5. The largest absolute Gasteiger partial charge is 0.378 e. The third-order valence-electron chi connectivity index (χ3n) is 4.34. The summed E-state index contributed by atoms with van der Waals surface area (Å²) in [4.78, 5) is 28.9. The van der Waals surface area contributed by atoms with Crippen LogP contribution >= 0.6 is 24.0 Å². The van der Waals surface area contributed by atoms with E-state index in [0.29, 0.717) is 42.1 Å². The van der Waals surface area contributed by atoms with Crippen molar-refractivity contribution in [2.24, 2.45) is 0 Å². The Labute approximate surface area is 169 Å². The zero-order chi connectivity index (χ0) is 19.2. The maximum Gasteiger partial charge on any atom is 0.266 e. The lowest BCUT2D eigenvalue weighted by Gasteiger charge is -2.27. The Hall–Kier alpha value is -1.96. The molecule has 2 fully saturated rings. The Morgan fingerprint density at radius 3 is 2.67 bits per heavy atom. The number of carbonyl (C=O) groups is 2. The maximum atomic E-state index is 12.7. The van der Waals surface area contributed by atoms with Gasteiger partial charge in [0.2, 0.25) is 5.91 Å². The molecule has 1 aromatic carbocycles. The molecular formula is C20H22N2O3S2. The first-order valence-electron chi connectivity index (χ1n) is 8.89. The van der Waals surface area contributed by atoms with Crippen LogP contribution in [0.4, 0.5) is 0 Å². The molecule has 3 rings (SSSR count). The zero-order valence-corrected chi connectivity index (χ0v) is 16.9. The van der Waals surface area contributed by atoms with Gasteiger partial charge in [0.1, 0.15) is 4.32 Å². The number of carbonyl (C=O) groups excluding carboxylic acids is 2. The first kappa shape index (κ1) is 19.8. The van der Waals surface area contributed by atoms with Crippen molar-refractivity contribution in [3.63, 3.8) is 0 Å². The molecule has 2 amide bonds. The summed E-state index contributed by atoms with van der Waals surface area (Å²) < 4.78 is 5.77. The van der Waals surface area contributed by atoms with Gasteiger partial charge >= 0.3 is 0 Å². The molecule has 0 N–H and O–H groups in total. The van der Waals surface area contributed by atoms with Gasteiger partial charge < -0.3 is 9.64 Å². The third kappa shape index (κ3) is 5.28. The van der Waals surface area contributed by atoms with Crippen LogP contribution in [0.3, 0.4) is 0 Å². The minimum atomic E-state index is -0.124. The van der Waals surface area contributed by atoms with Crippen molar-refractivity contribution in [2.75, 3.05) is 32.8 Å². The van der Waals surface area contributed by atoms with Crippen molar-refractivity contribution in [1.82, 2.24) is 9.80 Å². The predicted molar refractivity (Wildman–Crippen MR) is 112 cm³/mol. The Morgan fingerprint density at radius 1 is 1.26 bits per heavy atom. The van der Waals surface area contributed by atoms with Gasteiger partial charge in [0.05, 0.1) is 18.1 Å². The monoisotopic (exact) mass is 402 g/mol. The molecule has 0 saturated carbocycles. The summed E-state index contributed by atoms with van der Waals surface area (Å²) in [5.41, 5.74) is 2.06. The van der Waals surface area contributed by atoms with Gasteiger partial charge in [0.25, 0.3) is 5.91 Å². The first-order chi connectivity index (χ1) is 13.0. The lowest BCUT2D eigenvalue weighted by molar-refractivity contribution is -0.135. The highest BCUT2D eigenvalue weighted by molar-refractivity contribution is 8.26. The number of thioether (sulfide) groups is 1. The highest BCUT2D eigenvalue weighted by atomic mass is 32.2. The van der Waals surface area contributed by atoms with Crippen LogP contribution in [0.5, 0.6) is 0 Å². The normalized spacial score (nSPS) is 19.9. The lowest BCUT2D eigenvalue weighted by Crippen LogP contribution is -2.42. The smallest absolute Gasteiger partial charge is 0.266 e. The average Bonchev–Trinajstić information content (AvgIpc) is 2.94. The van der Waals surface area contributed by atoms with Gasteiger partial charge in [-0.1, -0.05) is 60.4 Å². The van der Waals surface area contributed by atoms with Gasteiger partial charge in [0, 0.05) is 26.1 Å². The van der Waals surface area contributed by atoms with Crippen LogP contribution in [-0.2, 0) is 14.3 Å². The molecule has 0 spiro atoms. The average molecular weight is 403 g/mol. The fourth-order valence-corrected chi connectivity index (χ4v) is 4.29. The molecule has 1 aromatic rings. The van der Waals surface area contributed by atoms with E-state index in [0.717, 1.165) is 11.1 Å². The molecule has 0 atom stereocenters. The molecule has 0 aromatic heterocycles. The maximum absolute atomic E-state index is 12.7. The van der Waals surface area contributed by atoms with Gasteiger partial charge in [-0.2, -0.15) is 0 Å². The quantitative estimate of drug-likeness (QED) is 0.560. The van der Waals surface area contributed by atoms with E-state index in [1.165, 1.54) is 16.7 Å². The minimum Gasteiger partial charge on any atom is -0.378 e. The molecule has 2 saturated heterocycles. The number of thiocarbonyl (C=S) groups is 1. The number of hydrogen-bond acceptors (Lipinski definition) is 5. The van der Waals surface area contributed by atoms with Gasteiger partial charge in [-0.15, -0.1) is 0 Å². The third-order valence-corrected chi connectivity index (χ3v) is 5.72. The molecule has 0 aliphatic carbocycles. The van der Waals surface area contributed by atoms with Gasteiger partial charge in [-0.05, 0) is 24.1 Å². The molecule has 5 nitrogen and oxygen atoms in total. The summed E-state index contributed by atoms with van der Waals surface area (Å²) in [7, 11) is 0. The van der Waals surface area contributed by atoms with Crippen molar-refractivity contribution in [2.45, 2.75) is 13.3 Å². The summed E-state index contributed by atoms with van der Waals surface area (Å²) in [6, 6.07) is 9.95. The number of nitrogens with zero attached hydrogens (tertiary/aromatic N) is 2. The minimum absolute atomic E-state index is 0.0384. The van der Waals surface area contributed by atoms with Crippen molar-refractivity contribution in [1.29, 1.82) is 0 Å². The second-order valence-electron chi connectivity index (χ2n) is 6.38. The van der Waals surface area contributed by atoms with Gasteiger partial charge in [-0.25, -0.2) is 0 Å². The van der Waals surface area contributed by atoms with E-state index in [1.54, 1.807) is 4.90 Å². The highest BCUT2D eigenvalue weighted by Gasteiger charge is 2.32. The van der Waals surface area contributed by atoms with E-state index in [2.05, 4.69) is 0 Å². The molecular weight excluding hydrogens is 380 g/mol. The fraction of sp³-hybridized carbons (Fsp3) is 0.350. The highest BCUT2D eigenvalue weighted by Crippen LogP contribution is 2.32. The summed E-state index contributed by atoms with van der Waals surface area (Å²) in [5, 5.41) is 0.